The fourth-order valence-corrected chi connectivity index (χ4v) is 2.20. The molecule has 0 fully saturated rings. The van der Waals surface area contributed by atoms with Crippen LogP contribution in [0.1, 0.15) is 23.0 Å². The first kappa shape index (κ1) is 15.4. The number of hydrogen-bond acceptors (Lipinski definition) is 5. The van der Waals surface area contributed by atoms with Crippen molar-refractivity contribution in [2.45, 2.75) is 13.8 Å². The summed E-state index contributed by atoms with van der Waals surface area (Å²) in [5, 5.41) is 5.46. The lowest BCUT2D eigenvalue weighted by Gasteiger charge is -2.08. The first-order valence-electron chi connectivity index (χ1n) is 6.03. The first-order chi connectivity index (χ1) is 8.88. The van der Waals surface area contributed by atoms with Crippen molar-refractivity contribution in [3.05, 3.63) is 23.4 Å². The van der Waals surface area contributed by atoms with Crippen molar-refractivity contribution < 1.29 is 13.2 Å². The minimum Gasteiger partial charge on any atom is -0.373 e. The van der Waals surface area contributed by atoms with E-state index in [0.717, 1.165) is 5.69 Å². The summed E-state index contributed by atoms with van der Waals surface area (Å²) in [4.78, 5) is 16.1. The lowest BCUT2D eigenvalue weighted by atomic mass is 10.2. The number of carbonyl (C=O) groups excluding carboxylic acids is 1. The van der Waals surface area contributed by atoms with Crippen LogP contribution in [-0.2, 0) is 9.84 Å². The molecule has 2 N–H and O–H groups in total. The van der Waals surface area contributed by atoms with Crippen molar-refractivity contribution in [1.29, 1.82) is 0 Å². The molecule has 0 bridgehead atoms. The minimum atomic E-state index is -3.06. The average molecular weight is 285 g/mol. The zero-order chi connectivity index (χ0) is 14.5. The van der Waals surface area contributed by atoms with Gasteiger partial charge in [-0.15, -0.1) is 0 Å². The molecule has 0 aliphatic heterocycles. The Balaban J connectivity index is 2.66. The molecule has 0 aliphatic carbocycles. The number of pyridine rings is 1. The second-order valence-corrected chi connectivity index (χ2v) is 6.60. The van der Waals surface area contributed by atoms with E-state index in [1.54, 1.807) is 33.0 Å². The van der Waals surface area contributed by atoms with Gasteiger partial charge in [0.25, 0.3) is 5.91 Å². The molecule has 1 rings (SSSR count). The van der Waals surface area contributed by atoms with Crippen molar-refractivity contribution in [3.63, 3.8) is 0 Å². The largest absolute Gasteiger partial charge is 0.373 e. The molecule has 0 radical (unpaired) electrons. The maximum atomic E-state index is 11.9. The highest BCUT2D eigenvalue weighted by Gasteiger charge is 2.11. The Hall–Kier alpha value is -1.63. The summed E-state index contributed by atoms with van der Waals surface area (Å²) in [5.41, 5.74) is 1.18. The smallest absolute Gasteiger partial charge is 0.251 e. The number of aryl methyl sites for hydroxylation is 1. The van der Waals surface area contributed by atoms with E-state index in [-0.39, 0.29) is 24.0 Å². The Bertz CT molecular complexity index is 555. The van der Waals surface area contributed by atoms with Crippen LogP contribution in [0.5, 0.6) is 0 Å². The molecule has 0 aliphatic rings. The van der Waals surface area contributed by atoms with Gasteiger partial charge in [0.15, 0.2) is 9.84 Å². The Labute approximate surface area is 113 Å². The monoisotopic (exact) mass is 285 g/mol. The SMILES string of the molecule is CCS(=O)(=O)CCNC(=O)c1cc(C)nc(NC)c1. The summed E-state index contributed by atoms with van der Waals surface area (Å²) in [5.74, 6) is 0.346. The van der Waals surface area contributed by atoms with Gasteiger partial charge in [0.05, 0.1) is 5.75 Å². The molecule has 0 atom stereocenters. The van der Waals surface area contributed by atoms with Gasteiger partial charge in [0, 0.05) is 30.6 Å². The van der Waals surface area contributed by atoms with Crippen LogP contribution in [0.4, 0.5) is 5.82 Å². The van der Waals surface area contributed by atoms with Crippen molar-refractivity contribution >= 4 is 21.6 Å². The van der Waals surface area contributed by atoms with Gasteiger partial charge in [0.1, 0.15) is 5.82 Å². The number of nitrogens with zero attached hydrogens (tertiary/aromatic N) is 1. The van der Waals surface area contributed by atoms with Gasteiger partial charge < -0.3 is 10.6 Å². The topological polar surface area (TPSA) is 88.2 Å². The molecule has 1 amide bonds. The number of rotatable bonds is 6. The zero-order valence-corrected chi connectivity index (χ0v) is 12.2. The Kier molecular flexibility index (Phi) is 5.29. The summed E-state index contributed by atoms with van der Waals surface area (Å²) in [7, 11) is -1.34. The minimum absolute atomic E-state index is 0.0435. The molecule has 1 aromatic rings. The number of nitrogens with one attached hydrogen (secondary N) is 2. The number of carbonyl (C=O) groups is 1. The predicted octanol–water partition coefficient (Wildman–Crippen LogP) is 0.596. The van der Waals surface area contributed by atoms with Crippen LogP contribution in [0.2, 0.25) is 0 Å². The van der Waals surface area contributed by atoms with Gasteiger partial charge >= 0.3 is 0 Å². The van der Waals surface area contributed by atoms with E-state index in [1.165, 1.54) is 0 Å². The average Bonchev–Trinajstić information content (AvgIpc) is 2.37. The molecule has 7 heteroatoms. The zero-order valence-electron chi connectivity index (χ0n) is 11.4. The Morgan fingerprint density at radius 1 is 1.37 bits per heavy atom. The highest BCUT2D eigenvalue weighted by molar-refractivity contribution is 7.91. The van der Waals surface area contributed by atoms with E-state index in [4.69, 9.17) is 0 Å². The Morgan fingerprint density at radius 2 is 2.05 bits per heavy atom. The number of aromatic nitrogens is 1. The van der Waals surface area contributed by atoms with Gasteiger partial charge in [-0.2, -0.15) is 0 Å². The number of hydrogen-bond donors (Lipinski definition) is 2. The predicted molar refractivity (Wildman–Crippen MR) is 75.2 cm³/mol. The number of amides is 1. The van der Waals surface area contributed by atoms with Gasteiger partial charge in [-0.05, 0) is 19.1 Å². The third kappa shape index (κ3) is 4.86. The molecule has 0 saturated heterocycles. The van der Waals surface area contributed by atoms with E-state index in [0.29, 0.717) is 11.4 Å². The summed E-state index contributed by atoms with van der Waals surface area (Å²) in [6.07, 6.45) is 0. The van der Waals surface area contributed by atoms with E-state index in [2.05, 4.69) is 15.6 Å². The summed E-state index contributed by atoms with van der Waals surface area (Å²) >= 11 is 0. The molecule has 6 nitrogen and oxygen atoms in total. The summed E-state index contributed by atoms with van der Waals surface area (Å²) < 4.78 is 22.6. The molecule has 0 spiro atoms. The second kappa shape index (κ2) is 6.51. The lowest BCUT2D eigenvalue weighted by molar-refractivity contribution is 0.0956. The third-order valence-electron chi connectivity index (χ3n) is 2.61. The molecule has 1 aromatic heterocycles. The molecule has 1 heterocycles. The Morgan fingerprint density at radius 3 is 2.63 bits per heavy atom. The van der Waals surface area contributed by atoms with Gasteiger partial charge in [-0.25, -0.2) is 13.4 Å². The molecule has 0 aromatic carbocycles. The van der Waals surface area contributed by atoms with Gasteiger partial charge in [-0.3, -0.25) is 4.79 Å². The van der Waals surface area contributed by atoms with Crippen molar-refractivity contribution in [1.82, 2.24) is 10.3 Å². The quantitative estimate of drug-likeness (QED) is 0.799. The van der Waals surface area contributed by atoms with Crippen LogP contribution in [0.3, 0.4) is 0 Å². The standard InChI is InChI=1S/C12H19N3O3S/c1-4-19(17,18)6-5-14-12(16)10-7-9(2)15-11(8-10)13-3/h7-8H,4-6H2,1-3H3,(H,13,15)(H,14,16). The highest BCUT2D eigenvalue weighted by atomic mass is 32.2. The summed E-state index contributed by atoms with van der Waals surface area (Å²) in [6.45, 7) is 3.49. The molecular weight excluding hydrogens is 266 g/mol. The van der Waals surface area contributed by atoms with Gasteiger partial charge in [0.2, 0.25) is 0 Å². The van der Waals surface area contributed by atoms with Crippen LogP contribution in [-0.4, -0.2) is 44.4 Å². The number of anilines is 1. The van der Waals surface area contributed by atoms with Crippen molar-refractivity contribution in [2.75, 3.05) is 30.4 Å². The third-order valence-corrected chi connectivity index (χ3v) is 4.32. The lowest BCUT2D eigenvalue weighted by Crippen LogP contribution is -2.29. The van der Waals surface area contributed by atoms with Gasteiger partial charge in [-0.1, -0.05) is 6.92 Å². The second-order valence-electron chi connectivity index (χ2n) is 4.12. The van der Waals surface area contributed by atoms with Crippen LogP contribution < -0.4 is 10.6 Å². The molecule has 0 unspecified atom stereocenters. The van der Waals surface area contributed by atoms with E-state index in [1.807, 2.05) is 0 Å². The van der Waals surface area contributed by atoms with Crippen LogP contribution >= 0.6 is 0 Å². The van der Waals surface area contributed by atoms with Crippen molar-refractivity contribution in [3.8, 4) is 0 Å². The van der Waals surface area contributed by atoms with E-state index < -0.39 is 9.84 Å². The van der Waals surface area contributed by atoms with Crippen LogP contribution in [0.25, 0.3) is 0 Å². The van der Waals surface area contributed by atoms with Crippen LogP contribution in [0.15, 0.2) is 12.1 Å². The van der Waals surface area contributed by atoms with E-state index in [9.17, 15) is 13.2 Å². The fourth-order valence-electron chi connectivity index (χ4n) is 1.49. The number of sulfone groups is 1. The maximum Gasteiger partial charge on any atom is 0.251 e. The highest BCUT2D eigenvalue weighted by Crippen LogP contribution is 2.09. The summed E-state index contributed by atoms with van der Waals surface area (Å²) in [6, 6.07) is 3.28. The molecular formula is C12H19N3O3S. The van der Waals surface area contributed by atoms with Crippen molar-refractivity contribution in [2.24, 2.45) is 0 Å². The maximum absolute atomic E-state index is 11.9. The molecule has 106 valence electrons. The van der Waals surface area contributed by atoms with E-state index >= 15 is 0 Å². The molecule has 19 heavy (non-hydrogen) atoms. The van der Waals surface area contributed by atoms with Crippen LogP contribution in [0, 0.1) is 6.92 Å². The first-order valence-corrected chi connectivity index (χ1v) is 7.85. The fraction of sp³-hybridized carbons (Fsp3) is 0.500. The molecule has 0 saturated carbocycles. The normalized spacial score (nSPS) is 11.1.